The van der Waals surface area contributed by atoms with E-state index in [-0.39, 0.29) is 5.92 Å². The van der Waals surface area contributed by atoms with Gasteiger partial charge in [-0.2, -0.15) is 8.42 Å². The Hall–Kier alpha value is -0.0900. The van der Waals surface area contributed by atoms with Gasteiger partial charge < -0.3 is 0 Å². The third-order valence-electron chi connectivity index (χ3n) is 2.42. The Bertz CT molecular complexity index is 220. The molecule has 1 saturated carbocycles. The van der Waals surface area contributed by atoms with E-state index in [4.69, 9.17) is 4.55 Å². The molecule has 0 amide bonds. The van der Waals surface area contributed by atoms with E-state index in [2.05, 4.69) is 0 Å². The van der Waals surface area contributed by atoms with Crippen LogP contribution < -0.4 is 0 Å². The lowest BCUT2D eigenvalue weighted by Crippen LogP contribution is -2.30. The van der Waals surface area contributed by atoms with E-state index in [1.807, 2.05) is 6.92 Å². The molecular weight excluding hydrogens is 164 g/mol. The molecule has 0 spiro atoms. The molecule has 0 aromatic rings. The molecule has 1 aliphatic rings. The van der Waals surface area contributed by atoms with Crippen LogP contribution in [0.3, 0.4) is 0 Å². The highest BCUT2D eigenvalue weighted by atomic mass is 32.2. The Labute approximate surface area is 67.6 Å². The molecular formula is C7H14O3S. The van der Waals surface area contributed by atoms with Crippen LogP contribution in [0.25, 0.3) is 0 Å². The van der Waals surface area contributed by atoms with Gasteiger partial charge in [0, 0.05) is 0 Å². The van der Waals surface area contributed by atoms with Crippen LogP contribution in [0.5, 0.6) is 0 Å². The molecule has 66 valence electrons. The van der Waals surface area contributed by atoms with Gasteiger partial charge in [-0.3, -0.25) is 4.55 Å². The fourth-order valence-electron chi connectivity index (χ4n) is 1.72. The maximum atomic E-state index is 10.8. The van der Waals surface area contributed by atoms with E-state index in [1.54, 1.807) is 0 Å². The minimum atomic E-state index is -3.78. The van der Waals surface area contributed by atoms with Crippen LogP contribution in [-0.4, -0.2) is 18.2 Å². The van der Waals surface area contributed by atoms with Gasteiger partial charge in [-0.1, -0.05) is 19.8 Å². The molecule has 4 heteroatoms. The Morgan fingerprint density at radius 3 is 2.18 bits per heavy atom. The highest BCUT2D eigenvalue weighted by molar-refractivity contribution is 7.86. The van der Waals surface area contributed by atoms with Gasteiger partial charge in [0.05, 0.1) is 5.25 Å². The zero-order valence-corrected chi connectivity index (χ0v) is 7.47. The molecule has 0 aromatic heterocycles. The van der Waals surface area contributed by atoms with Crippen molar-refractivity contribution in [2.24, 2.45) is 5.92 Å². The van der Waals surface area contributed by atoms with Gasteiger partial charge in [-0.25, -0.2) is 0 Å². The average Bonchev–Trinajstić information content (AvgIpc) is 1.86. The van der Waals surface area contributed by atoms with Crippen molar-refractivity contribution < 1.29 is 13.0 Å². The predicted molar refractivity (Wildman–Crippen MR) is 43.0 cm³/mol. The molecule has 0 bridgehead atoms. The first-order valence-corrected chi connectivity index (χ1v) is 5.48. The van der Waals surface area contributed by atoms with Crippen molar-refractivity contribution in [2.75, 3.05) is 0 Å². The molecule has 0 radical (unpaired) electrons. The van der Waals surface area contributed by atoms with Gasteiger partial charge in [0.2, 0.25) is 0 Å². The Kier molecular flexibility index (Phi) is 2.54. The molecule has 0 unspecified atom stereocenters. The van der Waals surface area contributed by atoms with Crippen molar-refractivity contribution in [1.82, 2.24) is 0 Å². The van der Waals surface area contributed by atoms with E-state index < -0.39 is 15.4 Å². The largest absolute Gasteiger partial charge is 0.285 e. The minimum absolute atomic E-state index is 0.124. The van der Waals surface area contributed by atoms with Crippen molar-refractivity contribution in [3.63, 3.8) is 0 Å². The zero-order valence-electron chi connectivity index (χ0n) is 6.66. The predicted octanol–water partition coefficient (Wildman–Crippen LogP) is 1.45. The van der Waals surface area contributed by atoms with Crippen LogP contribution in [0.2, 0.25) is 0 Å². The third-order valence-corrected chi connectivity index (χ3v) is 3.88. The minimum Gasteiger partial charge on any atom is -0.285 e. The molecule has 0 saturated heterocycles. The first kappa shape index (κ1) is 9.00. The van der Waals surface area contributed by atoms with E-state index in [0.29, 0.717) is 6.42 Å². The summed E-state index contributed by atoms with van der Waals surface area (Å²) in [6, 6.07) is 0. The topological polar surface area (TPSA) is 54.4 Å². The van der Waals surface area contributed by atoms with Crippen LogP contribution in [0, 0.1) is 5.92 Å². The fraction of sp³-hybridized carbons (Fsp3) is 1.00. The van der Waals surface area contributed by atoms with Gasteiger partial charge in [-0.15, -0.1) is 0 Å². The Morgan fingerprint density at radius 2 is 1.82 bits per heavy atom. The molecule has 3 nitrogen and oxygen atoms in total. The highest BCUT2D eigenvalue weighted by Gasteiger charge is 2.30. The second kappa shape index (κ2) is 3.11. The summed E-state index contributed by atoms with van der Waals surface area (Å²) in [5.41, 5.74) is 0. The standard InChI is InChI=1S/C7H14O3S/c1-6-4-2-3-5-7(6)11(8,9)10/h6-7H,2-5H2,1H3,(H,8,9,10)/t6-,7+/m0/s1. The molecule has 1 N–H and O–H groups in total. The lowest BCUT2D eigenvalue weighted by atomic mass is 9.90. The number of hydrogen-bond acceptors (Lipinski definition) is 2. The number of hydrogen-bond donors (Lipinski definition) is 1. The summed E-state index contributed by atoms with van der Waals surface area (Å²) in [5, 5.41) is -0.503. The highest BCUT2D eigenvalue weighted by Crippen LogP contribution is 2.28. The van der Waals surface area contributed by atoms with Crippen LogP contribution in [0.1, 0.15) is 32.6 Å². The third kappa shape index (κ3) is 2.17. The Balaban J connectivity index is 2.70. The van der Waals surface area contributed by atoms with Crippen molar-refractivity contribution in [2.45, 2.75) is 37.9 Å². The maximum Gasteiger partial charge on any atom is 0.268 e. The summed E-state index contributed by atoms with van der Waals surface area (Å²) in [6.07, 6.45) is 3.56. The molecule has 0 aliphatic heterocycles. The maximum absolute atomic E-state index is 10.8. The van der Waals surface area contributed by atoms with E-state index in [0.717, 1.165) is 19.3 Å². The molecule has 1 fully saturated rings. The summed E-state index contributed by atoms with van der Waals surface area (Å²) < 4.78 is 30.3. The first-order valence-electron chi connectivity index (χ1n) is 3.98. The first-order chi connectivity index (χ1) is 5.02. The molecule has 1 rings (SSSR count). The van der Waals surface area contributed by atoms with E-state index in [9.17, 15) is 8.42 Å². The lowest BCUT2D eigenvalue weighted by molar-refractivity contribution is 0.356. The van der Waals surface area contributed by atoms with Gasteiger partial charge >= 0.3 is 0 Å². The van der Waals surface area contributed by atoms with Gasteiger partial charge in [0.15, 0.2) is 0 Å². The fourth-order valence-corrected chi connectivity index (χ4v) is 2.91. The average molecular weight is 178 g/mol. The van der Waals surface area contributed by atoms with Crippen LogP contribution in [0.15, 0.2) is 0 Å². The molecule has 1 aliphatic carbocycles. The monoisotopic (exact) mass is 178 g/mol. The summed E-state index contributed by atoms with van der Waals surface area (Å²) in [6.45, 7) is 1.89. The molecule has 11 heavy (non-hydrogen) atoms. The summed E-state index contributed by atoms with van der Waals surface area (Å²) in [7, 11) is -3.78. The summed E-state index contributed by atoms with van der Waals surface area (Å²) >= 11 is 0. The summed E-state index contributed by atoms with van der Waals surface area (Å²) in [4.78, 5) is 0. The van der Waals surface area contributed by atoms with Crippen LogP contribution in [-0.2, 0) is 10.1 Å². The van der Waals surface area contributed by atoms with Crippen molar-refractivity contribution in [1.29, 1.82) is 0 Å². The van der Waals surface area contributed by atoms with Gasteiger partial charge in [-0.05, 0) is 18.8 Å². The van der Waals surface area contributed by atoms with Crippen molar-refractivity contribution in [3.8, 4) is 0 Å². The van der Waals surface area contributed by atoms with Crippen molar-refractivity contribution >= 4 is 10.1 Å². The molecule has 0 heterocycles. The zero-order chi connectivity index (χ0) is 8.48. The van der Waals surface area contributed by atoms with Crippen LogP contribution >= 0.6 is 0 Å². The lowest BCUT2D eigenvalue weighted by Gasteiger charge is -2.25. The SMILES string of the molecule is C[C@H]1CCCC[C@H]1S(=O)(=O)O. The molecule has 0 aromatic carbocycles. The smallest absolute Gasteiger partial charge is 0.268 e. The van der Waals surface area contributed by atoms with Gasteiger partial charge in [0.25, 0.3) is 10.1 Å². The second-order valence-electron chi connectivity index (χ2n) is 3.32. The van der Waals surface area contributed by atoms with Gasteiger partial charge in [0.1, 0.15) is 0 Å². The number of rotatable bonds is 1. The van der Waals surface area contributed by atoms with E-state index in [1.165, 1.54) is 0 Å². The summed E-state index contributed by atoms with van der Waals surface area (Å²) in [5.74, 6) is 0.124. The second-order valence-corrected chi connectivity index (χ2v) is 4.95. The molecule has 2 atom stereocenters. The Morgan fingerprint density at radius 1 is 1.27 bits per heavy atom. The van der Waals surface area contributed by atoms with Crippen LogP contribution in [0.4, 0.5) is 0 Å². The normalized spacial score (nSPS) is 33.6. The van der Waals surface area contributed by atoms with E-state index >= 15 is 0 Å². The van der Waals surface area contributed by atoms with Crippen molar-refractivity contribution in [3.05, 3.63) is 0 Å². The quantitative estimate of drug-likeness (QED) is 0.618.